The molecule has 4 heteroatoms. The number of hydrogen-bond donors (Lipinski definition) is 1. The van der Waals surface area contributed by atoms with Gasteiger partial charge in [0.05, 0.1) is 6.10 Å². The summed E-state index contributed by atoms with van der Waals surface area (Å²) in [4.78, 5) is 12.9. The van der Waals surface area contributed by atoms with E-state index >= 15 is 0 Å². The SMILES string of the molecule is C[C@H](NC(=O)c1ccc(OC[C@H]2CCCO2)cc1)C12CC3CC(CC(C3)C1)C2. The van der Waals surface area contributed by atoms with E-state index in [-0.39, 0.29) is 18.1 Å². The van der Waals surface area contributed by atoms with Crippen LogP contribution in [-0.4, -0.2) is 31.3 Å². The Bertz CT molecular complexity index is 672. The number of carbonyl (C=O) groups is 1. The topological polar surface area (TPSA) is 47.6 Å². The van der Waals surface area contributed by atoms with Crippen molar-refractivity contribution in [3.8, 4) is 5.75 Å². The molecule has 0 unspecified atom stereocenters. The highest BCUT2D eigenvalue weighted by atomic mass is 16.5. The van der Waals surface area contributed by atoms with E-state index < -0.39 is 0 Å². The fraction of sp³-hybridized carbons (Fsp3) is 0.708. The molecule has 1 N–H and O–H groups in total. The van der Waals surface area contributed by atoms with Crippen LogP contribution in [0.25, 0.3) is 0 Å². The van der Waals surface area contributed by atoms with Gasteiger partial charge in [0, 0.05) is 18.2 Å². The van der Waals surface area contributed by atoms with Gasteiger partial charge in [-0.05, 0) is 106 Å². The van der Waals surface area contributed by atoms with Gasteiger partial charge in [-0.1, -0.05) is 0 Å². The maximum absolute atomic E-state index is 12.9. The van der Waals surface area contributed by atoms with Crippen LogP contribution < -0.4 is 10.1 Å². The molecule has 0 radical (unpaired) electrons. The van der Waals surface area contributed by atoms with Gasteiger partial charge in [0.15, 0.2) is 0 Å². The van der Waals surface area contributed by atoms with Gasteiger partial charge in [0.2, 0.25) is 0 Å². The quantitative estimate of drug-likeness (QED) is 0.782. The second-order valence-corrected chi connectivity index (χ2v) is 9.95. The van der Waals surface area contributed by atoms with Crippen LogP contribution in [0.3, 0.4) is 0 Å². The molecule has 4 bridgehead atoms. The van der Waals surface area contributed by atoms with Crippen molar-refractivity contribution in [2.24, 2.45) is 23.2 Å². The van der Waals surface area contributed by atoms with Crippen LogP contribution in [-0.2, 0) is 4.74 Å². The van der Waals surface area contributed by atoms with Crippen LogP contribution in [0, 0.1) is 23.2 Å². The first kappa shape index (κ1) is 18.5. The molecule has 4 saturated carbocycles. The average Bonchev–Trinajstić information content (AvgIpc) is 3.19. The van der Waals surface area contributed by atoms with Crippen molar-refractivity contribution in [1.29, 1.82) is 0 Å². The largest absolute Gasteiger partial charge is 0.491 e. The molecule has 28 heavy (non-hydrogen) atoms. The lowest BCUT2D eigenvalue weighted by atomic mass is 9.48. The van der Waals surface area contributed by atoms with Crippen molar-refractivity contribution in [2.75, 3.05) is 13.2 Å². The van der Waals surface area contributed by atoms with Crippen molar-refractivity contribution >= 4 is 5.91 Å². The van der Waals surface area contributed by atoms with Crippen LogP contribution in [0.15, 0.2) is 24.3 Å². The highest BCUT2D eigenvalue weighted by Gasteiger charge is 2.53. The second-order valence-electron chi connectivity index (χ2n) is 9.95. The zero-order valence-electron chi connectivity index (χ0n) is 17.0. The van der Waals surface area contributed by atoms with Crippen molar-refractivity contribution in [3.05, 3.63) is 29.8 Å². The van der Waals surface area contributed by atoms with Gasteiger partial charge in [-0.2, -0.15) is 0 Å². The summed E-state index contributed by atoms with van der Waals surface area (Å²) in [7, 11) is 0. The third-order valence-corrected chi connectivity index (χ3v) is 7.93. The van der Waals surface area contributed by atoms with Crippen LogP contribution in [0.2, 0.25) is 0 Å². The van der Waals surface area contributed by atoms with Crippen LogP contribution >= 0.6 is 0 Å². The van der Waals surface area contributed by atoms with E-state index in [1.807, 2.05) is 24.3 Å². The molecule has 1 aliphatic heterocycles. The fourth-order valence-electron chi connectivity index (χ4n) is 6.81. The second kappa shape index (κ2) is 7.37. The molecule has 1 heterocycles. The van der Waals surface area contributed by atoms with Gasteiger partial charge >= 0.3 is 0 Å². The Hall–Kier alpha value is -1.55. The summed E-state index contributed by atoms with van der Waals surface area (Å²) in [5.74, 6) is 3.58. The van der Waals surface area contributed by atoms with Crippen molar-refractivity contribution in [3.63, 3.8) is 0 Å². The number of carbonyl (C=O) groups excluding carboxylic acids is 1. The van der Waals surface area contributed by atoms with E-state index in [9.17, 15) is 4.79 Å². The standard InChI is InChI=1S/C24H33NO3/c1-16(24-12-17-9-18(13-24)11-19(10-17)14-24)25-23(26)20-4-6-21(7-5-20)28-15-22-3-2-8-27-22/h4-7,16-19,22H,2-3,8-15H2,1H3,(H,25,26)/t16-,17?,18?,19?,22+,24?/m0/s1. The number of benzene rings is 1. The molecule has 1 amide bonds. The Kier molecular flexibility index (Phi) is 4.86. The summed E-state index contributed by atoms with van der Waals surface area (Å²) in [6, 6.07) is 7.82. The fourth-order valence-corrected chi connectivity index (χ4v) is 6.81. The van der Waals surface area contributed by atoms with E-state index in [2.05, 4.69) is 12.2 Å². The van der Waals surface area contributed by atoms with Gasteiger partial charge < -0.3 is 14.8 Å². The van der Waals surface area contributed by atoms with Gasteiger partial charge in [-0.15, -0.1) is 0 Å². The summed E-state index contributed by atoms with van der Waals surface area (Å²) in [6.07, 6.45) is 10.7. The highest BCUT2D eigenvalue weighted by molar-refractivity contribution is 5.94. The van der Waals surface area contributed by atoms with E-state index in [4.69, 9.17) is 9.47 Å². The van der Waals surface area contributed by atoms with Gasteiger partial charge in [-0.25, -0.2) is 0 Å². The first-order valence-corrected chi connectivity index (χ1v) is 11.2. The predicted octanol–water partition coefficient (Wildman–Crippen LogP) is 4.58. The molecule has 4 nitrogen and oxygen atoms in total. The Morgan fingerprint density at radius 2 is 1.79 bits per heavy atom. The van der Waals surface area contributed by atoms with Crippen molar-refractivity contribution in [1.82, 2.24) is 5.32 Å². The van der Waals surface area contributed by atoms with E-state index in [0.29, 0.717) is 12.0 Å². The van der Waals surface area contributed by atoms with Crippen LogP contribution in [0.4, 0.5) is 0 Å². The molecule has 152 valence electrons. The lowest BCUT2D eigenvalue weighted by Crippen LogP contribution is -2.55. The molecule has 0 spiro atoms. The molecule has 1 aromatic carbocycles. The molecule has 6 rings (SSSR count). The Morgan fingerprint density at radius 1 is 1.14 bits per heavy atom. The zero-order chi connectivity index (χ0) is 19.1. The Balaban J connectivity index is 1.18. The lowest BCUT2D eigenvalue weighted by Gasteiger charge is -2.59. The van der Waals surface area contributed by atoms with Gasteiger partial charge in [-0.3, -0.25) is 4.79 Å². The van der Waals surface area contributed by atoms with E-state index in [0.717, 1.165) is 48.5 Å². The van der Waals surface area contributed by atoms with Crippen molar-refractivity contribution < 1.29 is 14.3 Å². The van der Waals surface area contributed by atoms with Crippen LogP contribution in [0.1, 0.15) is 68.6 Å². The predicted molar refractivity (Wildman–Crippen MR) is 108 cm³/mol. The monoisotopic (exact) mass is 383 g/mol. The molecular weight excluding hydrogens is 350 g/mol. The lowest BCUT2D eigenvalue weighted by molar-refractivity contribution is -0.0688. The number of nitrogens with one attached hydrogen (secondary N) is 1. The van der Waals surface area contributed by atoms with Crippen LogP contribution in [0.5, 0.6) is 5.75 Å². The summed E-state index contributed by atoms with van der Waals surface area (Å²) >= 11 is 0. The summed E-state index contributed by atoms with van der Waals surface area (Å²) in [5.41, 5.74) is 1.07. The summed E-state index contributed by atoms with van der Waals surface area (Å²) < 4.78 is 11.4. The molecule has 1 aromatic rings. The summed E-state index contributed by atoms with van der Waals surface area (Å²) in [5, 5.41) is 3.35. The number of rotatable bonds is 6. The smallest absolute Gasteiger partial charge is 0.251 e. The van der Waals surface area contributed by atoms with E-state index in [1.165, 1.54) is 38.5 Å². The summed E-state index contributed by atoms with van der Waals surface area (Å²) in [6.45, 7) is 3.67. The Morgan fingerprint density at radius 3 is 2.36 bits per heavy atom. The molecular formula is C24H33NO3. The maximum Gasteiger partial charge on any atom is 0.251 e. The zero-order valence-corrected chi connectivity index (χ0v) is 17.0. The first-order valence-electron chi connectivity index (χ1n) is 11.2. The van der Waals surface area contributed by atoms with Gasteiger partial charge in [0.25, 0.3) is 5.91 Å². The minimum Gasteiger partial charge on any atom is -0.491 e. The molecule has 5 aliphatic rings. The molecule has 4 aliphatic carbocycles. The molecule has 5 fully saturated rings. The molecule has 2 atom stereocenters. The van der Waals surface area contributed by atoms with Crippen molar-refractivity contribution in [2.45, 2.75) is 70.4 Å². The molecule has 1 saturated heterocycles. The first-order chi connectivity index (χ1) is 13.6. The number of hydrogen-bond acceptors (Lipinski definition) is 3. The third kappa shape index (κ3) is 3.56. The maximum atomic E-state index is 12.9. The number of ether oxygens (including phenoxy) is 2. The minimum atomic E-state index is 0.0499. The van der Waals surface area contributed by atoms with Gasteiger partial charge in [0.1, 0.15) is 12.4 Å². The van der Waals surface area contributed by atoms with E-state index in [1.54, 1.807) is 0 Å². The minimum absolute atomic E-state index is 0.0499. The normalized spacial score (nSPS) is 37.0. The molecule has 0 aromatic heterocycles. The Labute approximate surface area is 168 Å². The third-order valence-electron chi connectivity index (χ3n) is 7.93. The highest BCUT2D eigenvalue weighted by Crippen LogP contribution is 2.61. The average molecular weight is 384 g/mol. The number of amides is 1.